The molecule has 0 saturated carbocycles. The van der Waals surface area contributed by atoms with Crippen LogP contribution in [0, 0.1) is 5.92 Å². The second-order valence-electron chi connectivity index (χ2n) is 10.3. The molecule has 0 spiro atoms. The molecule has 2 aliphatic heterocycles. The summed E-state index contributed by atoms with van der Waals surface area (Å²) in [6.45, 7) is 6.75. The van der Waals surface area contributed by atoms with Gasteiger partial charge in [-0.1, -0.05) is 68.4 Å². The van der Waals surface area contributed by atoms with Gasteiger partial charge in [0.2, 0.25) is 17.7 Å². The maximum absolute atomic E-state index is 14.6. The van der Waals surface area contributed by atoms with Gasteiger partial charge in [-0.3, -0.25) is 14.4 Å². The van der Waals surface area contributed by atoms with Gasteiger partial charge in [0.05, 0.1) is 12.6 Å². The number of piperidine rings is 1. The molecule has 0 aromatic heterocycles. The van der Waals surface area contributed by atoms with Gasteiger partial charge in [-0.25, -0.2) is 4.39 Å². The Morgan fingerprint density at radius 3 is 2.08 bits per heavy atom. The van der Waals surface area contributed by atoms with E-state index in [1.54, 1.807) is 4.90 Å². The number of hydrogen-bond donors (Lipinski definition) is 1. The highest BCUT2D eigenvalue weighted by molar-refractivity contribution is 5.90. The number of nitrogens with zero attached hydrogens (tertiary/aromatic N) is 2. The third-order valence-corrected chi connectivity index (χ3v) is 7.48. The van der Waals surface area contributed by atoms with Crippen LogP contribution in [0.3, 0.4) is 0 Å². The van der Waals surface area contributed by atoms with Gasteiger partial charge in [0.25, 0.3) is 0 Å². The lowest BCUT2D eigenvalue weighted by molar-refractivity contribution is -0.144. The highest BCUT2D eigenvalue weighted by Crippen LogP contribution is 2.29. The molecule has 2 fully saturated rings. The zero-order valence-corrected chi connectivity index (χ0v) is 21.3. The fourth-order valence-corrected chi connectivity index (χ4v) is 5.27. The number of hydrogen-bond acceptors (Lipinski definition) is 3. The van der Waals surface area contributed by atoms with E-state index in [0.717, 1.165) is 11.1 Å². The number of benzene rings is 2. The maximum atomic E-state index is 14.6. The number of amides is 3. The van der Waals surface area contributed by atoms with Gasteiger partial charge in [-0.15, -0.1) is 0 Å². The average molecular weight is 494 g/mol. The molecule has 3 atom stereocenters. The van der Waals surface area contributed by atoms with Crippen molar-refractivity contribution in [2.45, 2.75) is 64.2 Å². The van der Waals surface area contributed by atoms with Crippen molar-refractivity contribution >= 4 is 17.7 Å². The standard InChI is InChI=1S/C29H36FN3O3/c1-19(2)21-9-11-23(12-10-21)27(22-7-5-4-6-8-22)31-28(35)26-17-25(30)18-33(26)29(36)24-13-15-32(16-14-24)20(3)34/h4-12,19,24-27H,13-18H2,1-3H3,(H,31,35)/t25-,26+,27+/m1/s1. The first-order valence-corrected chi connectivity index (χ1v) is 12.9. The Balaban J connectivity index is 1.52. The Morgan fingerprint density at radius 1 is 0.917 bits per heavy atom. The van der Waals surface area contributed by atoms with Crippen molar-refractivity contribution in [3.05, 3.63) is 71.3 Å². The molecule has 0 radical (unpaired) electrons. The number of halogens is 1. The molecule has 2 aromatic rings. The number of likely N-dealkylation sites (tertiary alicyclic amines) is 2. The molecule has 1 N–H and O–H groups in total. The topological polar surface area (TPSA) is 69.7 Å². The van der Waals surface area contributed by atoms with E-state index in [1.165, 1.54) is 17.4 Å². The fourth-order valence-electron chi connectivity index (χ4n) is 5.27. The highest BCUT2D eigenvalue weighted by atomic mass is 19.1. The van der Waals surface area contributed by atoms with Crippen LogP contribution in [0.5, 0.6) is 0 Å². The van der Waals surface area contributed by atoms with Crippen LogP contribution < -0.4 is 5.32 Å². The van der Waals surface area contributed by atoms with E-state index in [1.807, 2.05) is 42.5 Å². The van der Waals surface area contributed by atoms with Crippen LogP contribution in [0.1, 0.15) is 68.7 Å². The molecule has 4 rings (SSSR count). The minimum atomic E-state index is -1.23. The van der Waals surface area contributed by atoms with Crippen molar-refractivity contribution in [1.29, 1.82) is 0 Å². The van der Waals surface area contributed by atoms with Crippen LogP contribution in [-0.4, -0.2) is 59.4 Å². The first-order chi connectivity index (χ1) is 17.2. The first-order valence-electron chi connectivity index (χ1n) is 12.9. The molecular weight excluding hydrogens is 457 g/mol. The summed E-state index contributed by atoms with van der Waals surface area (Å²) >= 11 is 0. The Bertz CT molecular complexity index is 1060. The van der Waals surface area contributed by atoms with Crippen LogP contribution in [0.2, 0.25) is 0 Å². The maximum Gasteiger partial charge on any atom is 0.243 e. The van der Waals surface area contributed by atoms with Crippen LogP contribution in [-0.2, 0) is 14.4 Å². The number of carbonyl (C=O) groups excluding carboxylic acids is 3. The Morgan fingerprint density at radius 2 is 1.50 bits per heavy atom. The molecule has 2 aliphatic rings. The molecule has 2 saturated heterocycles. The second kappa shape index (κ2) is 11.2. The lowest BCUT2D eigenvalue weighted by atomic mass is 9.94. The zero-order valence-electron chi connectivity index (χ0n) is 21.3. The smallest absolute Gasteiger partial charge is 0.243 e. The van der Waals surface area contributed by atoms with Gasteiger partial charge in [0.1, 0.15) is 12.2 Å². The van der Waals surface area contributed by atoms with Crippen molar-refractivity contribution in [1.82, 2.24) is 15.1 Å². The summed E-state index contributed by atoms with van der Waals surface area (Å²) in [5, 5.41) is 3.12. The lowest BCUT2D eigenvalue weighted by Crippen LogP contribution is -2.50. The molecule has 0 aliphatic carbocycles. The third kappa shape index (κ3) is 5.77. The predicted molar refractivity (Wildman–Crippen MR) is 137 cm³/mol. The van der Waals surface area contributed by atoms with Gasteiger partial charge >= 0.3 is 0 Å². The van der Waals surface area contributed by atoms with Crippen molar-refractivity contribution in [2.24, 2.45) is 5.92 Å². The van der Waals surface area contributed by atoms with Crippen molar-refractivity contribution in [2.75, 3.05) is 19.6 Å². The van der Waals surface area contributed by atoms with E-state index in [2.05, 4.69) is 31.3 Å². The summed E-state index contributed by atoms with van der Waals surface area (Å²) in [4.78, 5) is 41.7. The molecule has 192 valence electrons. The summed E-state index contributed by atoms with van der Waals surface area (Å²) in [6.07, 6.45) is -0.163. The second-order valence-corrected chi connectivity index (χ2v) is 10.3. The Kier molecular flexibility index (Phi) is 8.07. The van der Waals surface area contributed by atoms with Crippen molar-refractivity contribution in [3.8, 4) is 0 Å². The molecule has 0 bridgehead atoms. The Labute approximate surface area is 212 Å². The molecular formula is C29H36FN3O3. The number of nitrogens with one attached hydrogen (secondary N) is 1. The molecule has 0 unspecified atom stereocenters. The largest absolute Gasteiger partial charge is 0.343 e. The minimum absolute atomic E-state index is 0.00232. The predicted octanol–water partition coefficient (Wildman–Crippen LogP) is 4.21. The third-order valence-electron chi connectivity index (χ3n) is 7.48. The first kappa shape index (κ1) is 25.9. The van der Waals surface area contributed by atoms with E-state index in [0.29, 0.717) is 31.8 Å². The van der Waals surface area contributed by atoms with Gasteiger partial charge in [0, 0.05) is 32.4 Å². The Hall–Kier alpha value is -3.22. The SMILES string of the molecule is CC(=O)N1CCC(C(=O)N2C[C@H](F)C[C@H]2C(=O)N[C@@H](c2ccccc2)c2ccc(C(C)C)cc2)CC1. The van der Waals surface area contributed by atoms with Gasteiger partial charge in [0.15, 0.2) is 0 Å². The quantitative estimate of drug-likeness (QED) is 0.655. The minimum Gasteiger partial charge on any atom is -0.343 e. The van der Waals surface area contributed by atoms with Gasteiger partial charge in [-0.2, -0.15) is 0 Å². The summed E-state index contributed by atoms with van der Waals surface area (Å²) in [5.41, 5.74) is 3.07. The monoisotopic (exact) mass is 493 g/mol. The fraction of sp³-hybridized carbons (Fsp3) is 0.483. The molecule has 7 heteroatoms. The molecule has 36 heavy (non-hydrogen) atoms. The molecule has 2 heterocycles. The number of rotatable bonds is 6. The summed E-state index contributed by atoms with van der Waals surface area (Å²) in [5.74, 6) is -0.431. The van der Waals surface area contributed by atoms with E-state index >= 15 is 0 Å². The molecule has 6 nitrogen and oxygen atoms in total. The highest BCUT2D eigenvalue weighted by Gasteiger charge is 2.43. The summed E-state index contributed by atoms with van der Waals surface area (Å²) in [7, 11) is 0. The van der Waals surface area contributed by atoms with E-state index in [-0.39, 0.29) is 36.6 Å². The average Bonchev–Trinajstić information content (AvgIpc) is 3.29. The van der Waals surface area contributed by atoms with Gasteiger partial charge < -0.3 is 15.1 Å². The number of carbonyl (C=O) groups is 3. The summed E-state index contributed by atoms with van der Waals surface area (Å²) in [6, 6.07) is 16.6. The molecule has 3 amide bonds. The van der Waals surface area contributed by atoms with Crippen LogP contribution in [0.4, 0.5) is 4.39 Å². The van der Waals surface area contributed by atoms with E-state index in [4.69, 9.17) is 0 Å². The zero-order chi connectivity index (χ0) is 25.8. The van der Waals surface area contributed by atoms with Gasteiger partial charge in [-0.05, 0) is 35.4 Å². The lowest BCUT2D eigenvalue weighted by Gasteiger charge is -2.34. The van der Waals surface area contributed by atoms with Crippen molar-refractivity contribution in [3.63, 3.8) is 0 Å². The molecule has 2 aromatic carbocycles. The van der Waals surface area contributed by atoms with E-state index in [9.17, 15) is 18.8 Å². The van der Waals surface area contributed by atoms with Crippen LogP contribution >= 0.6 is 0 Å². The summed E-state index contributed by atoms with van der Waals surface area (Å²) < 4.78 is 14.6. The number of alkyl halides is 1. The van der Waals surface area contributed by atoms with Crippen LogP contribution in [0.15, 0.2) is 54.6 Å². The normalized spacial score (nSPS) is 21.5. The van der Waals surface area contributed by atoms with E-state index < -0.39 is 18.3 Å². The van der Waals surface area contributed by atoms with Crippen LogP contribution in [0.25, 0.3) is 0 Å². The van der Waals surface area contributed by atoms with Crippen molar-refractivity contribution < 1.29 is 18.8 Å².